The summed E-state index contributed by atoms with van der Waals surface area (Å²) in [6.07, 6.45) is 4.12. The van der Waals surface area contributed by atoms with Gasteiger partial charge in [0.25, 0.3) is 5.91 Å². The SMILES string of the molecule is O=C(NC(=S)Nc1ccc(/C=C/c2ccccc2)cc1)c1ccc(-c2ccccc2)cc1. The van der Waals surface area contributed by atoms with Gasteiger partial charge in [-0.05, 0) is 58.7 Å². The zero-order valence-electron chi connectivity index (χ0n) is 17.4. The number of hydrogen-bond donors (Lipinski definition) is 2. The van der Waals surface area contributed by atoms with E-state index in [0.29, 0.717) is 5.56 Å². The molecule has 2 N–H and O–H groups in total. The lowest BCUT2D eigenvalue weighted by molar-refractivity contribution is 0.0978. The van der Waals surface area contributed by atoms with Gasteiger partial charge in [0.2, 0.25) is 0 Å². The number of benzene rings is 4. The lowest BCUT2D eigenvalue weighted by atomic mass is 10.0. The zero-order chi connectivity index (χ0) is 22.2. The predicted molar refractivity (Wildman–Crippen MR) is 137 cm³/mol. The Bertz CT molecular complexity index is 1220. The normalized spacial score (nSPS) is 10.6. The second-order valence-electron chi connectivity index (χ2n) is 7.22. The van der Waals surface area contributed by atoms with Crippen LogP contribution in [0.4, 0.5) is 5.69 Å². The molecule has 0 saturated carbocycles. The molecule has 4 aromatic rings. The smallest absolute Gasteiger partial charge is 0.257 e. The van der Waals surface area contributed by atoms with E-state index in [0.717, 1.165) is 27.9 Å². The highest BCUT2D eigenvalue weighted by Gasteiger charge is 2.08. The molecule has 0 spiro atoms. The fourth-order valence-electron chi connectivity index (χ4n) is 3.22. The molecule has 0 bridgehead atoms. The standard InChI is InChI=1S/C28H22N2OS/c31-27(25-17-15-24(16-18-25)23-9-5-2-6-10-23)30-28(32)29-26-19-13-22(14-20-26)12-11-21-7-3-1-4-8-21/h1-20H,(H2,29,30,31,32)/b12-11+. The monoisotopic (exact) mass is 434 g/mol. The summed E-state index contributed by atoms with van der Waals surface area (Å²) in [7, 11) is 0. The highest BCUT2D eigenvalue weighted by molar-refractivity contribution is 7.80. The van der Waals surface area contributed by atoms with E-state index in [1.165, 1.54) is 0 Å². The largest absolute Gasteiger partial charge is 0.332 e. The van der Waals surface area contributed by atoms with Crippen LogP contribution in [0.1, 0.15) is 21.5 Å². The number of nitrogens with one attached hydrogen (secondary N) is 2. The number of carbonyl (C=O) groups excluding carboxylic acids is 1. The summed E-state index contributed by atoms with van der Waals surface area (Å²) in [5, 5.41) is 6.05. The van der Waals surface area contributed by atoms with Crippen molar-refractivity contribution >= 4 is 41.1 Å². The van der Waals surface area contributed by atoms with Gasteiger partial charge in [-0.25, -0.2) is 0 Å². The Morgan fingerprint density at radius 2 is 1.16 bits per heavy atom. The van der Waals surface area contributed by atoms with Crippen molar-refractivity contribution in [3.05, 3.63) is 126 Å². The Morgan fingerprint density at radius 3 is 1.78 bits per heavy atom. The highest BCUT2D eigenvalue weighted by atomic mass is 32.1. The van der Waals surface area contributed by atoms with Gasteiger partial charge in [0.15, 0.2) is 5.11 Å². The lowest BCUT2D eigenvalue weighted by Crippen LogP contribution is -2.34. The van der Waals surface area contributed by atoms with Gasteiger partial charge in [-0.2, -0.15) is 0 Å². The molecule has 32 heavy (non-hydrogen) atoms. The number of hydrogen-bond acceptors (Lipinski definition) is 2. The highest BCUT2D eigenvalue weighted by Crippen LogP contribution is 2.19. The van der Waals surface area contributed by atoms with Gasteiger partial charge in [0, 0.05) is 11.3 Å². The van der Waals surface area contributed by atoms with Gasteiger partial charge in [-0.15, -0.1) is 0 Å². The zero-order valence-corrected chi connectivity index (χ0v) is 18.2. The number of rotatable bonds is 5. The maximum Gasteiger partial charge on any atom is 0.257 e. The second kappa shape index (κ2) is 10.3. The fourth-order valence-corrected chi connectivity index (χ4v) is 3.43. The first-order chi connectivity index (χ1) is 15.7. The molecule has 0 aliphatic rings. The first-order valence-electron chi connectivity index (χ1n) is 10.3. The average molecular weight is 435 g/mol. The van der Waals surface area contributed by atoms with Crippen molar-refractivity contribution in [1.82, 2.24) is 5.32 Å². The molecule has 4 aromatic carbocycles. The van der Waals surface area contributed by atoms with Crippen LogP contribution in [-0.4, -0.2) is 11.0 Å². The molecule has 0 aliphatic carbocycles. The molecule has 0 unspecified atom stereocenters. The molecule has 1 amide bonds. The minimum absolute atomic E-state index is 0.246. The molecule has 4 rings (SSSR count). The van der Waals surface area contributed by atoms with Crippen molar-refractivity contribution in [3.63, 3.8) is 0 Å². The van der Waals surface area contributed by atoms with E-state index >= 15 is 0 Å². The van der Waals surface area contributed by atoms with Gasteiger partial charge >= 0.3 is 0 Å². The van der Waals surface area contributed by atoms with Crippen molar-refractivity contribution in [2.75, 3.05) is 5.32 Å². The molecule has 0 saturated heterocycles. The van der Waals surface area contributed by atoms with E-state index in [9.17, 15) is 4.79 Å². The Kier molecular flexibility index (Phi) is 6.85. The van der Waals surface area contributed by atoms with Crippen LogP contribution >= 0.6 is 12.2 Å². The molecule has 4 heteroatoms. The van der Waals surface area contributed by atoms with Crippen LogP contribution in [0.5, 0.6) is 0 Å². The Balaban J connectivity index is 1.32. The van der Waals surface area contributed by atoms with Crippen molar-refractivity contribution in [2.24, 2.45) is 0 Å². The maximum atomic E-state index is 12.5. The van der Waals surface area contributed by atoms with E-state index in [4.69, 9.17) is 12.2 Å². The Morgan fingerprint density at radius 1 is 0.625 bits per heavy atom. The predicted octanol–water partition coefficient (Wildman–Crippen LogP) is 6.65. The van der Waals surface area contributed by atoms with E-state index in [-0.39, 0.29) is 11.0 Å². The van der Waals surface area contributed by atoms with Gasteiger partial charge < -0.3 is 5.32 Å². The molecule has 156 valence electrons. The first-order valence-corrected chi connectivity index (χ1v) is 10.7. The number of thiocarbonyl (C=S) groups is 1. The third-order valence-electron chi connectivity index (χ3n) is 4.92. The van der Waals surface area contributed by atoms with E-state index in [1.54, 1.807) is 12.1 Å². The third-order valence-corrected chi connectivity index (χ3v) is 5.12. The molecule has 0 aliphatic heterocycles. The summed E-state index contributed by atoms with van der Waals surface area (Å²) in [4.78, 5) is 12.5. The molecule has 0 aromatic heterocycles. The summed E-state index contributed by atoms with van der Waals surface area (Å²) in [5.74, 6) is -0.246. The molecule has 3 nitrogen and oxygen atoms in total. The Labute approximate surface area is 193 Å². The average Bonchev–Trinajstić information content (AvgIpc) is 2.85. The van der Waals surface area contributed by atoms with Crippen LogP contribution in [0.2, 0.25) is 0 Å². The summed E-state index contributed by atoms with van der Waals surface area (Å²) >= 11 is 5.31. The summed E-state index contributed by atoms with van der Waals surface area (Å²) in [6, 6.07) is 35.5. The molecule has 0 radical (unpaired) electrons. The van der Waals surface area contributed by atoms with Crippen LogP contribution in [-0.2, 0) is 0 Å². The van der Waals surface area contributed by atoms with Crippen molar-refractivity contribution < 1.29 is 4.79 Å². The maximum absolute atomic E-state index is 12.5. The lowest BCUT2D eigenvalue weighted by Gasteiger charge is -2.10. The first kappa shape index (κ1) is 21.2. The van der Waals surface area contributed by atoms with Crippen LogP contribution in [0.15, 0.2) is 109 Å². The number of anilines is 1. The van der Waals surface area contributed by atoms with Gasteiger partial charge in [0.1, 0.15) is 0 Å². The van der Waals surface area contributed by atoms with E-state index < -0.39 is 0 Å². The third kappa shape index (κ3) is 5.78. The van der Waals surface area contributed by atoms with Gasteiger partial charge in [0.05, 0.1) is 0 Å². The molecule has 0 heterocycles. The van der Waals surface area contributed by atoms with Gasteiger partial charge in [-0.3, -0.25) is 10.1 Å². The quantitative estimate of drug-likeness (QED) is 0.273. The topological polar surface area (TPSA) is 41.1 Å². The fraction of sp³-hybridized carbons (Fsp3) is 0. The molecular weight excluding hydrogens is 412 g/mol. The van der Waals surface area contributed by atoms with Crippen molar-refractivity contribution in [2.45, 2.75) is 0 Å². The van der Waals surface area contributed by atoms with Gasteiger partial charge in [-0.1, -0.05) is 97.1 Å². The van der Waals surface area contributed by atoms with E-state index in [1.807, 2.05) is 84.9 Å². The van der Waals surface area contributed by atoms with Crippen LogP contribution < -0.4 is 10.6 Å². The summed E-state index contributed by atoms with van der Waals surface area (Å²) in [6.45, 7) is 0. The minimum Gasteiger partial charge on any atom is -0.332 e. The summed E-state index contributed by atoms with van der Waals surface area (Å²) < 4.78 is 0. The molecule has 0 fully saturated rings. The summed E-state index contributed by atoms with van der Waals surface area (Å²) in [5.41, 5.74) is 5.76. The minimum atomic E-state index is -0.246. The van der Waals surface area contributed by atoms with Crippen LogP contribution in [0, 0.1) is 0 Å². The molecule has 0 atom stereocenters. The second-order valence-corrected chi connectivity index (χ2v) is 7.63. The number of carbonyl (C=O) groups is 1. The van der Waals surface area contributed by atoms with Crippen LogP contribution in [0.25, 0.3) is 23.3 Å². The Hall–Kier alpha value is -4.02. The van der Waals surface area contributed by atoms with Crippen molar-refractivity contribution in [3.8, 4) is 11.1 Å². The van der Waals surface area contributed by atoms with Crippen molar-refractivity contribution in [1.29, 1.82) is 0 Å². The number of amides is 1. The van der Waals surface area contributed by atoms with Crippen LogP contribution in [0.3, 0.4) is 0 Å². The van der Waals surface area contributed by atoms with E-state index in [2.05, 4.69) is 34.9 Å². The molecular formula is C28H22N2OS.